The van der Waals surface area contributed by atoms with E-state index in [0.29, 0.717) is 5.56 Å². The number of benzene rings is 3. The highest BCUT2D eigenvalue weighted by Crippen LogP contribution is 2.33. The minimum absolute atomic E-state index is 0.118. The van der Waals surface area contributed by atoms with Gasteiger partial charge >= 0.3 is 6.18 Å². The van der Waals surface area contributed by atoms with Crippen LogP contribution in [-0.4, -0.2) is 21.7 Å². The van der Waals surface area contributed by atoms with Crippen LogP contribution < -0.4 is 9.46 Å². The normalized spacial score (nSPS) is 14.8. The van der Waals surface area contributed by atoms with Gasteiger partial charge in [0.05, 0.1) is 15.7 Å². The molecular formula is C23H26F3NO2S. The molecule has 0 saturated heterocycles. The minimum atomic E-state index is -4.38. The zero-order valence-corrected chi connectivity index (χ0v) is 18.5. The second-order valence-corrected chi connectivity index (χ2v) is 10.5. The van der Waals surface area contributed by atoms with Crippen LogP contribution in [0, 0.1) is 6.92 Å². The molecule has 162 valence electrons. The second kappa shape index (κ2) is 8.19. The van der Waals surface area contributed by atoms with Crippen LogP contribution in [-0.2, 0) is 11.0 Å². The maximum Gasteiger partial charge on any atom is 0.422 e. The Balaban J connectivity index is 1.97. The zero-order valence-electron chi connectivity index (χ0n) is 17.7. The Labute approximate surface area is 177 Å². The van der Waals surface area contributed by atoms with Crippen LogP contribution >= 0.6 is 0 Å². The van der Waals surface area contributed by atoms with Gasteiger partial charge in [-0.1, -0.05) is 18.2 Å². The largest absolute Gasteiger partial charge is 0.484 e. The number of halogens is 3. The Morgan fingerprint density at radius 3 is 2.30 bits per heavy atom. The molecule has 0 radical (unpaired) electrons. The predicted molar refractivity (Wildman–Crippen MR) is 117 cm³/mol. The van der Waals surface area contributed by atoms with E-state index < -0.39 is 23.8 Å². The lowest BCUT2D eigenvalue weighted by Crippen LogP contribution is -2.34. The van der Waals surface area contributed by atoms with Gasteiger partial charge in [0.2, 0.25) is 0 Å². The van der Waals surface area contributed by atoms with E-state index in [1.807, 2.05) is 58.0 Å². The summed E-state index contributed by atoms with van der Waals surface area (Å²) in [6.07, 6.45) is -4.38. The molecule has 0 bridgehead atoms. The van der Waals surface area contributed by atoms with Crippen LogP contribution in [0.15, 0.2) is 42.5 Å². The number of alkyl halides is 3. The molecule has 0 aliphatic rings. The van der Waals surface area contributed by atoms with Crippen LogP contribution in [0.2, 0.25) is 0 Å². The van der Waals surface area contributed by atoms with Gasteiger partial charge in [-0.25, -0.2) is 8.93 Å². The van der Waals surface area contributed by atoms with E-state index in [9.17, 15) is 17.4 Å². The maximum absolute atomic E-state index is 12.5. The minimum Gasteiger partial charge on any atom is -0.484 e. The molecule has 1 N–H and O–H groups in total. The van der Waals surface area contributed by atoms with E-state index in [2.05, 4.69) is 4.72 Å². The van der Waals surface area contributed by atoms with Gasteiger partial charge in [-0.3, -0.25) is 0 Å². The Hall–Kier alpha value is -2.12. The maximum atomic E-state index is 12.5. The number of nitrogens with one attached hydrogen (secondary N) is 1. The van der Waals surface area contributed by atoms with Crippen LogP contribution in [0.5, 0.6) is 5.75 Å². The zero-order chi connectivity index (χ0) is 22.3. The van der Waals surface area contributed by atoms with Crippen LogP contribution in [0.25, 0.3) is 21.5 Å². The van der Waals surface area contributed by atoms with E-state index in [0.717, 1.165) is 27.1 Å². The van der Waals surface area contributed by atoms with Crippen molar-refractivity contribution < 1.29 is 22.1 Å². The second-order valence-electron chi connectivity index (χ2n) is 8.49. The summed E-state index contributed by atoms with van der Waals surface area (Å²) >= 11 is 0. The highest BCUT2D eigenvalue weighted by molar-refractivity contribution is 7.84. The fraction of sp³-hybridized carbons (Fsp3) is 0.391. The fourth-order valence-corrected chi connectivity index (χ4v) is 4.02. The van der Waals surface area contributed by atoms with Crippen molar-refractivity contribution in [1.29, 1.82) is 0 Å². The molecule has 3 rings (SSSR count). The summed E-state index contributed by atoms with van der Waals surface area (Å²) in [6, 6.07) is 13.3. The van der Waals surface area contributed by atoms with Crippen LogP contribution in [0.1, 0.15) is 44.9 Å². The van der Waals surface area contributed by atoms with Crippen molar-refractivity contribution in [3.05, 3.63) is 53.6 Å². The average Bonchev–Trinajstić information content (AvgIpc) is 2.64. The first kappa shape index (κ1) is 22.6. The Morgan fingerprint density at radius 2 is 1.67 bits per heavy atom. The third-order valence-corrected chi connectivity index (χ3v) is 6.63. The number of ether oxygens (including phenoxy) is 1. The summed E-state index contributed by atoms with van der Waals surface area (Å²) in [5, 5.41) is 3.77. The first-order valence-corrected chi connectivity index (χ1v) is 10.8. The molecule has 0 fully saturated rings. The van der Waals surface area contributed by atoms with Crippen molar-refractivity contribution in [2.24, 2.45) is 0 Å². The highest BCUT2D eigenvalue weighted by atomic mass is 32.2. The highest BCUT2D eigenvalue weighted by Gasteiger charge is 2.28. The molecule has 0 saturated carbocycles. The van der Waals surface area contributed by atoms with Gasteiger partial charge in [-0.05, 0) is 91.6 Å². The van der Waals surface area contributed by atoms with Gasteiger partial charge in [0.15, 0.2) is 6.61 Å². The predicted octanol–water partition coefficient (Wildman–Crippen LogP) is 6.36. The molecule has 30 heavy (non-hydrogen) atoms. The molecule has 3 aromatic carbocycles. The van der Waals surface area contributed by atoms with Crippen molar-refractivity contribution in [1.82, 2.24) is 4.72 Å². The molecule has 0 amide bonds. The third kappa shape index (κ3) is 5.13. The molecule has 0 heterocycles. The number of hydrogen-bond donors (Lipinski definition) is 1. The van der Waals surface area contributed by atoms with Gasteiger partial charge in [-0.2, -0.15) is 13.2 Å². The third-order valence-electron chi connectivity index (χ3n) is 4.95. The lowest BCUT2D eigenvalue weighted by Gasteiger charge is -2.22. The molecule has 0 aliphatic carbocycles. The molecule has 7 heteroatoms. The average molecular weight is 438 g/mol. The van der Waals surface area contributed by atoms with E-state index in [1.54, 1.807) is 19.1 Å². The number of aryl methyl sites for hydroxylation is 1. The van der Waals surface area contributed by atoms with Gasteiger partial charge in [0, 0.05) is 6.04 Å². The van der Waals surface area contributed by atoms with Gasteiger partial charge in [-0.15, -0.1) is 0 Å². The molecule has 2 atom stereocenters. The molecule has 0 spiro atoms. The van der Waals surface area contributed by atoms with Crippen molar-refractivity contribution in [2.75, 3.05) is 6.61 Å². The molecule has 3 aromatic rings. The number of hydrogen-bond acceptors (Lipinski definition) is 2. The lowest BCUT2D eigenvalue weighted by molar-refractivity contribution is -0.153. The molecule has 0 aliphatic heterocycles. The lowest BCUT2D eigenvalue weighted by atomic mass is 9.97. The fourth-order valence-electron chi connectivity index (χ4n) is 3.21. The summed E-state index contributed by atoms with van der Waals surface area (Å²) < 4.78 is 57.7. The Bertz CT molecular complexity index is 1100. The number of rotatable bonds is 5. The van der Waals surface area contributed by atoms with Gasteiger partial charge in [0.1, 0.15) is 5.75 Å². The smallest absolute Gasteiger partial charge is 0.422 e. The molecule has 0 aromatic heterocycles. The standard InChI is InChI=1S/C23H26F3NO2S/c1-14-20-12-19-10-16(15(2)27-30(28)22(3,4)5)6-7-17(19)11-18(20)8-9-21(14)29-13-23(24,25)26/h6-12,15,27H,13H2,1-5H3/t15?,30-/m1/s1. The molecule has 3 nitrogen and oxygen atoms in total. The van der Waals surface area contributed by atoms with Gasteiger partial charge in [0.25, 0.3) is 0 Å². The van der Waals surface area contributed by atoms with Crippen molar-refractivity contribution >= 4 is 32.5 Å². The Kier molecular flexibility index (Phi) is 6.16. The summed E-state index contributed by atoms with van der Waals surface area (Å²) in [4.78, 5) is 0. The summed E-state index contributed by atoms with van der Waals surface area (Å²) in [6.45, 7) is 8.15. The van der Waals surface area contributed by atoms with Crippen molar-refractivity contribution in [2.45, 2.75) is 51.6 Å². The monoisotopic (exact) mass is 437 g/mol. The van der Waals surface area contributed by atoms with E-state index in [4.69, 9.17) is 4.74 Å². The first-order valence-electron chi connectivity index (χ1n) is 9.70. The van der Waals surface area contributed by atoms with E-state index >= 15 is 0 Å². The van der Waals surface area contributed by atoms with Crippen LogP contribution in [0.4, 0.5) is 13.2 Å². The molecular weight excluding hydrogens is 411 g/mol. The quantitative estimate of drug-likeness (QED) is 0.472. The summed E-state index contributed by atoms with van der Waals surface area (Å²) in [7, 11) is -1.20. The summed E-state index contributed by atoms with van der Waals surface area (Å²) in [5.74, 6) is 0.228. The van der Waals surface area contributed by atoms with E-state index in [1.165, 1.54) is 0 Å². The molecule has 1 unspecified atom stereocenters. The van der Waals surface area contributed by atoms with Crippen molar-refractivity contribution in [3.8, 4) is 5.75 Å². The van der Waals surface area contributed by atoms with Crippen LogP contribution in [0.3, 0.4) is 0 Å². The SMILES string of the molecule is Cc1c(OCC(F)(F)F)ccc2cc3ccc(C(C)N[S@](=O)C(C)(C)C)cc3cc12. The topological polar surface area (TPSA) is 38.3 Å². The number of fused-ring (bicyclic) bond motifs is 2. The van der Waals surface area contributed by atoms with Gasteiger partial charge < -0.3 is 4.74 Å². The first-order chi connectivity index (χ1) is 13.8. The van der Waals surface area contributed by atoms with Crippen molar-refractivity contribution in [3.63, 3.8) is 0 Å². The Morgan fingerprint density at radius 1 is 1.00 bits per heavy atom. The summed E-state index contributed by atoms with van der Waals surface area (Å²) in [5.41, 5.74) is 1.66. The van der Waals surface area contributed by atoms with E-state index in [-0.39, 0.29) is 16.5 Å².